The maximum Gasteiger partial charge on any atom is 0.353 e. The van der Waals surface area contributed by atoms with Gasteiger partial charge in [-0.25, -0.2) is 0 Å². The van der Waals surface area contributed by atoms with Crippen molar-refractivity contribution in [2.75, 3.05) is 0 Å². The molecular formula is C16H6F6N2O9. The predicted molar refractivity (Wildman–Crippen MR) is 88.6 cm³/mol. The molecule has 0 aliphatic carbocycles. The van der Waals surface area contributed by atoms with Gasteiger partial charge in [-0.15, -0.1) is 0 Å². The standard InChI is InChI=1S/C16H6F6N2O9/c1-3(25)31-15-9(21)13(7(19)5(17)11(15)23(27)28)33-14-8(20)6(18)12(24(29)30)16(10(14)22)32-4(2)26/h1-2H3. The summed E-state index contributed by atoms with van der Waals surface area (Å²) in [6, 6.07) is 0. The third-order valence-electron chi connectivity index (χ3n) is 3.49. The van der Waals surface area contributed by atoms with Crippen LogP contribution in [-0.2, 0) is 9.59 Å². The lowest BCUT2D eigenvalue weighted by Crippen LogP contribution is -2.12. The largest absolute Gasteiger partial charge is 0.444 e. The molecule has 0 unspecified atom stereocenters. The van der Waals surface area contributed by atoms with Crippen molar-refractivity contribution < 1.29 is 60.0 Å². The van der Waals surface area contributed by atoms with Crippen molar-refractivity contribution in [1.29, 1.82) is 0 Å². The van der Waals surface area contributed by atoms with E-state index in [1.54, 1.807) is 0 Å². The molecule has 2 rings (SSSR count). The molecule has 0 N–H and O–H groups in total. The quantitative estimate of drug-likeness (QED) is 0.148. The van der Waals surface area contributed by atoms with Crippen LogP contribution < -0.4 is 14.2 Å². The summed E-state index contributed by atoms with van der Waals surface area (Å²) in [4.78, 5) is 40.6. The van der Waals surface area contributed by atoms with E-state index in [0.29, 0.717) is 13.8 Å². The average Bonchev–Trinajstić information content (AvgIpc) is 2.68. The lowest BCUT2D eigenvalue weighted by Gasteiger charge is -2.14. The number of nitro groups is 2. The highest BCUT2D eigenvalue weighted by atomic mass is 19.2. The van der Waals surface area contributed by atoms with E-state index in [9.17, 15) is 56.2 Å². The minimum absolute atomic E-state index is 0.571. The highest BCUT2D eigenvalue weighted by molar-refractivity contribution is 5.73. The number of nitro benzene ring substituents is 2. The Morgan fingerprint density at radius 1 is 0.606 bits per heavy atom. The molecule has 0 amide bonds. The highest BCUT2D eigenvalue weighted by Gasteiger charge is 2.40. The molecule has 17 heteroatoms. The van der Waals surface area contributed by atoms with E-state index in [-0.39, 0.29) is 0 Å². The van der Waals surface area contributed by atoms with Crippen molar-refractivity contribution in [1.82, 2.24) is 0 Å². The Hall–Kier alpha value is -4.44. The maximum atomic E-state index is 14.6. The van der Waals surface area contributed by atoms with Crippen molar-refractivity contribution in [2.45, 2.75) is 13.8 Å². The first-order valence-corrected chi connectivity index (χ1v) is 7.94. The fraction of sp³-hybridized carbons (Fsp3) is 0.125. The van der Waals surface area contributed by atoms with Crippen molar-refractivity contribution in [3.05, 3.63) is 55.1 Å². The van der Waals surface area contributed by atoms with E-state index in [4.69, 9.17) is 0 Å². The number of hydrogen-bond acceptors (Lipinski definition) is 9. The molecule has 0 saturated carbocycles. The molecule has 11 nitrogen and oxygen atoms in total. The normalized spacial score (nSPS) is 10.5. The van der Waals surface area contributed by atoms with Crippen molar-refractivity contribution >= 4 is 23.3 Å². The molecule has 0 aliphatic rings. The number of hydrogen-bond donors (Lipinski definition) is 0. The Labute approximate surface area is 176 Å². The zero-order chi connectivity index (χ0) is 25.4. The summed E-state index contributed by atoms with van der Waals surface area (Å²) in [7, 11) is 0. The first-order chi connectivity index (χ1) is 15.2. The molecule has 33 heavy (non-hydrogen) atoms. The number of nitrogens with zero attached hydrogens (tertiary/aromatic N) is 2. The summed E-state index contributed by atoms with van der Waals surface area (Å²) in [5.74, 6) is -26.0. The number of carbonyl (C=O) groups excluding carboxylic acids is 2. The van der Waals surface area contributed by atoms with Crippen LogP contribution in [0.4, 0.5) is 37.7 Å². The van der Waals surface area contributed by atoms with Gasteiger partial charge in [0, 0.05) is 13.8 Å². The maximum absolute atomic E-state index is 14.6. The number of ether oxygens (including phenoxy) is 3. The number of halogens is 6. The molecular weight excluding hydrogens is 478 g/mol. The third kappa shape index (κ3) is 4.46. The van der Waals surface area contributed by atoms with Crippen LogP contribution in [-0.4, -0.2) is 21.8 Å². The zero-order valence-corrected chi connectivity index (χ0v) is 15.8. The summed E-state index contributed by atoms with van der Waals surface area (Å²) < 4.78 is 98.4. The van der Waals surface area contributed by atoms with Gasteiger partial charge in [-0.2, -0.15) is 26.3 Å². The van der Waals surface area contributed by atoms with Crippen LogP contribution in [0.15, 0.2) is 0 Å². The van der Waals surface area contributed by atoms with Crippen LogP contribution in [0.25, 0.3) is 0 Å². The fourth-order valence-corrected chi connectivity index (χ4v) is 2.29. The van der Waals surface area contributed by atoms with Crippen LogP contribution in [0.1, 0.15) is 13.8 Å². The molecule has 0 saturated heterocycles. The van der Waals surface area contributed by atoms with Gasteiger partial charge in [-0.1, -0.05) is 0 Å². The van der Waals surface area contributed by atoms with E-state index >= 15 is 0 Å². The summed E-state index contributed by atoms with van der Waals surface area (Å²) in [6.07, 6.45) is 0. The Balaban J connectivity index is 2.88. The minimum atomic E-state index is -2.58. The Morgan fingerprint density at radius 2 is 0.909 bits per heavy atom. The molecule has 176 valence electrons. The van der Waals surface area contributed by atoms with Crippen molar-refractivity contribution in [2.24, 2.45) is 0 Å². The molecule has 0 aromatic heterocycles. The summed E-state index contributed by atoms with van der Waals surface area (Å²) in [6.45, 7) is 1.14. The molecule has 0 spiro atoms. The van der Waals surface area contributed by atoms with E-state index in [0.717, 1.165) is 0 Å². The third-order valence-corrected chi connectivity index (χ3v) is 3.49. The first-order valence-electron chi connectivity index (χ1n) is 7.94. The first kappa shape index (κ1) is 24.8. The molecule has 2 aromatic rings. The molecule has 0 radical (unpaired) electrons. The van der Waals surface area contributed by atoms with Crippen LogP contribution in [0.5, 0.6) is 23.0 Å². The van der Waals surface area contributed by atoms with E-state index in [2.05, 4.69) is 14.2 Å². The monoisotopic (exact) mass is 484 g/mol. The van der Waals surface area contributed by atoms with E-state index < -0.39 is 91.1 Å². The van der Waals surface area contributed by atoms with Crippen molar-refractivity contribution in [3.8, 4) is 23.0 Å². The predicted octanol–water partition coefficient (Wildman–Crippen LogP) is 3.98. The molecule has 0 aliphatic heterocycles. The lowest BCUT2D eigenvalue weighted by atomic mass is 10.2. The number of benzene rings is 2. The molecule has 0 fully saturated rings. The second kappa shape index (κ2) is 8.97. The lowest BCUT2D eigenvalue weighted by molar-refractivity contribution is -0.388. The number of esters is 2. The summed E-state index contributed by atoms with van der Waals surface area (Å²) in [5, 5.41) is 21.8. The van der Waals surface area contributed by atoms with Crippen LogP contribution in [0.2, 0.25) is 0 Å². The van der Waals surface area contributed by atoms with Gasteiger partial charge in [0.2, 0.25) is 46.4 Å². The molecule has 0 heterocycles. The second-order valence-electron chi connectivity index (χ2n) is 5.70. The second-order valence-corrected chi connectivity index (χ2v) is 5.70. The molecule has 2 aromatic carbocycles. The van der Waals surface area contributed by atoms with Gasteiger partial charge in [-0.3, -0.25) is 29.8 Å². The average molecular weight is 484 g/mol. The Morgan fingerprint density at radius 3 is 1.15 bits per heavy atom. The van der Waals surface area contributed by atoms with Gasteiger partial charge in [0.1, 0.15) is 0 Å². The van der Waals surface area contributed by atoms with Gasteiger partial charge >= 0.3 is 23.3 Å². The van der Waals surface area contributed by atoms with Gasteiger partial charge in [0.05, 0.1) is 9.85 Å². The van der Waals surface area contributed by atoms with E-state index in [1.807, 2.05) is 0 Å². The SMILES string of the molecule is CC(=O)Oc1c(F)c(Oc2c(F)c(F)c([N+](=O)[O-])c(OC(C)=O)c2F)c(F)c(F)c1[N+](=O)[O-]. The van der Waals surface area contributed by atoms with Crippen LogP contribution >= 0.6 is 0 Å². The number of carbonyl (C=O) groups is 2. The van der Waals surface area contributed by atoms with Gasteiger partial charge in [0.15, 0.2) is 0 Å². The van der Waals surface area contributed by atoms with Gasteiger partial charge < -0.3 is 14.2 Å². The van der Waals surface area contributed by atoms with E-state index in [1.165, 1.54) is 0 Å². The summed E-state index contributed by atoms with van der Waals surface area (Å²) >= 11 is 0. The smallest absolute Gasteiger partial charge is 0.353 e. The van der Waals surface area contributed by atoms with Gasteiger partial charge in [-0.05, 0) is 0 Å². The zero-order valence-electron chi connectivity index (χ0n) is 15.8. The minimum Gasteiger partial charge on any atom is -0.444 e. The topological polar surface area (TPSA) is 148 Å². The summed E-state index contributed by atoms with van der Waals surface area (Å²) in [5.41, 5.74) is -4.08. The molecule has 0 bridgehead atoms. The highest BCUT2D eigenvalue weighted by Crippen LogP contribution is 2.46. The molecule has 0 atom stereocenters. The van der Waals surface area contributed by atoms with Crippen molar-refractivity contribution in [3.63, 3.8) is 0 Å². The van der Waals surface area contributed by atoms with Crippen LogP contribution in [0, 0.1) is 55.1 Å². The fourth-order valence-electron chi connectivity index (χ4n) is 2.29. The van der Waals surface area contributed by atoms with Crippen LogP contribution in [0.3, 0.4) is 0 Å². The number of rotatable bonds is 6. The Bertz CT molecular complexity index is 1140. The van der Waals surface area contributed by atoms with Gasteiger partial charge in [0.25, 0.3) is 11.5 Å². The Kier molecular flexibility index (Phi) is 6.75.